The molecule has 3 aliphatic rings. The van der Waals surface area contributed by atoms with Gasteiger partial charge >= 0.3 is 0 Å². The molecule has 3 aromatic rings. The van der Waals surface area contributed by atoms with Gasteiger partial charge in [-0.1, -0.05) is 0 Å². The monoisotopic (exact) mass is 507 g/mol. The molecule has 1 atom stereocenters. The zero-order chi connectivity index (χ0) is 25.4. The van der Waals surface area contributed by atoms with Gasteiger partial charge in [-0.25, -0.2) is 9.37 Å². The molecule has 2 fully saturated rings. The Morgan fingerprint density at radius 3 is 2.89 bits per heavy atom. The van der Waals surface area contributed by atoms with Crippen LogP contribution in [-0.4, -0.2) is 75.1 Å². The van der Waals surface area contributed by atoms with Gasteiger partial charge in [0.1, 0.15) is 17.9 Å². The average Bonchev–Trinajstić information content (AvgIpc) is 3.53. The maximum Gasteiger partial charge on any atom is 0.225 e. The molecule has 10 heteroatoms. The summed E-state index contributed by atoms with van der Waals surface area (Å²) >= 11 is 0. The van der Waals surface area contributed by atoms with Gasteiger partial charge in [0.25, 0.3) is 0 Å². The molecule has 6 rings (SSSR count). The quantitative estimate of drug-likeness (QED) is 0.567. The van der Waals surface area contributed by atoms with Crippen LogP contribution in [0.1, 0.15) is 54.7 Å². The van der Waals surface area contributed by atoms with Crippen LogP contribution < -0.4 is 10.1 Å². The van der Waals surface area contributed by atoms with Gasteiger partial charge in [0, 0.05) is 54.9 Å². The van der Waals surface area contributed by atoms with Gasteiger partial charge in [-0.3, -0.25) is 9.20 Å². The van der Waals surface area contributed by atoms with Crippen LogP contribution in [0.2, 0.25) is 0 Å². The number of hydrogen-bond acceptors (Lipinski definition) is 7. The molecule has 0 aliphatic carbocycles. The first-order valence-corrected chi connectivity index (χ1v) is 13.4. The number of carbonyl (C=O) groups is 1. The maximum absolute atomic E-state index is 14.6. The maximum atomic E-state index is 14.6. The summed E-state index contributed by atoms with van der Waals surface area (Å²) in [5.74, 6) is 1.83. The van der Waals surface area contributed by atoms with Gasteiger partial charge in [-0.15, -0.1) is 10.2 Å². The Hall–Kier alpha value is -3.27. The first-order chi connectivity index (χ1) is 18.1. The molecule has 1 N–H and O–H groups in total. The Morgan fingerprint density at radius 1 is 1.16 bits per heavy atom. The van der Waals surface area contributed by atoms with Crippen molar-refractivity contribution in [3.05, 3.63) is 47.2 Å². The lowest BCUT2D eigenvalue weighted by atomic mass is 9.93. The summed E-state index contributed by atoms with van der Waals surface area (Å²) in [6.07, 6.45) is 8.97. The van der Waals surface area contributed by atoms with Crippen molar-refractivity contribution in [1.82, 2.24) is 29.4 Å². The van der Waals surface area contributed by atoms with Gasteiger partial charge in [0.2, 0.25) is 11.9 Å². The number of rotatable bonds is 5. The second kappa shape index (κ2) is 10.2. The lowest BCUT2D eigenvalue weighted by Crippen LogP contribution is -2.42. The number of nitrogens with zero attached hydrogens (tertiary/aromatic N) is 6. The smallest absolute Gasteiger partial charge is 0.225 e. The molecule has 0 saturated carbocycles. The normalized spacial score (nSPS) is 21.0. The number of carbonyl (C=O) groups excluding carboxylic acids is 1. The SMILES string of the molecule is CN1CCC(C(=O)N2CCCC(c3cnc(NCc4c(F)ccc5c4CCO5)n4cnnc34)CC2)CC1. The van der Waals surface area contributed by atoms with Crippen molar-refractivity contribution < 1.29 is 13.9 Å². The second-order valence-corrected chi connectivity index (χ2v) is 10.5. The van der Waals surface area contributed by atoms with E-state index in [0.717, 1.165) is 80.8 Å². The number of anilines is 1. The van der Waals surface area contributed by atoms with Crippen LogP contribution in [0, 0.1) is 11.7 Å². The standard InChI is InChI=1S/C27H34FN7O2/c1-33-11-6-19(7-12-33)26(36)34-10-2-3-18(8-13-34)21-15-29-27(35-17-31-32-25(21)35)30-16-22-20-9-14-37-24(20)5-4-23(22)28/h4-5,15,17-19H,2-3,6-14,16H2,1H3,(H,29,30). The van der Waals surface area contributed by atoms with E-state index >= 15 is 0 Å². The van der Waals surface area contributed by atoms with Gasteiger partial charge < -0.3 is 19.9 Å². The van der Waals surface area contributed by atoms with Crippen molar-refractivity contribution in [2.75, 3.05) is 45.2 Å². The molecule has 196 valence electrons. The van der Waals surface area contributed by atoms with Gasteiger partial charge in [0.05, 0.1) is 6.61 Å². The lowest BCUT2D eigenvalue weighted by Gasteiger charge is -2.32. The average molecular weight is 508 g/mol. The molecule has 0 spiro atoms. The Bertz CT molecular complexity index is 1290. The zero-order valence-electron chi connectivity index (χ0n) is 21.3. The predicted octanol–water partition coefficient (Wildman–Crippen LogP) is 3.25. The molecule has 3 aliphatic heterocycles. The van der Waals surface area contributed by atoms with Gasteiger partial charge in [0.15, 0.2) is 5.65 Å². The summed E-state index contributed by atoms with van der Waals surface area (Å²) in [5, 5.41) is 11.8. The van der Waals surface area contributed by atoms with Crippen molar-refractivity contribution in [2.45, 2.75) is 51.0 Å². The number of likely N-dealkylation sites (tertiary alicyclic amines) is 2. The minimum absolute atomic E-state index is 0.158. The summed E-state index contributed by atoms with van der Waals surface area (Å²) in [5.41, 5.74) is 3.35. The number of benzene rings is 1. The fourth-order valence-electron chi connectivity index (χ4n) is 6.07. The Kier molecular flexibility index (Phi) is 6.67. The third kappa shape index (κ3) is 4.74. The van der Waals surface area contributed by atoms with E-state index in [1.807, 2.05) is 10.6 Å². The van der Waals surface area contributed by atoms with Gasteiger partial charge in [-0.2, -0.15) is 0 Å². The number of halogens is 1. The lowest BCUT2D eigenvalue weighted by molar-refractivity contribution is -0.136. The molecule has 5 heterocycles. The minimum Gasteiger partial charge on any atom is -0.493 e. The fraction of sp³-hybridized carbons (Fsp3) is 0.556. The molecule has 1 aromatic carbocycles. The van der Waals surface area contributed by atoms with Crippen LogP contribution in [0.4, 0.5) is 10.3 Å². The zero-order valence-corrected chi connectivity index (χ0v) is 21.3. The molecule has 37 heavy (non-hydrogen) atoms. The number of ether oxygens (including phenoxy) is 1. The van der Waals surface area contributed by atoms with E-state index in [1.165, 1.54) is 6.07 Å². The van der Waals surface area contributed by atoms with E-state index < -0.39 is 0 Å². The van der Waals surface area contributed by atoms with E-state index in [1.54, 1.807) is 12.4 Å². The predicted molar refractivity (Wildman–Crippen MR) is 137 cm³/mol. The fourth-order valence-corrected chi connectivity index (χ4v) is 6.07. The van der Waals surface area contributed by atoms with E-state index in [9.17, 15) is 9.18 Å². The number of piperidine rings is 1. The van der Waals surface area contributed by atoms with E-state index in [-0.39, 0.29) is 17.7 Å². The van der Waals surface area contributed by atoms with Crippen molar-refractivity contribution in [1.29, 1.82) is 0 Å². The highest BCUT2D eigenvalue weighted by atomic mass is 19.1. The molecule has 0 radical (unpaired) electrons. The number of nitrogens with one attached hydrogen (secondary N) is 1. The second-order valence-electron chi connectivity index (χ2n) is 10.5. The first-order valence-electron chi connectivity index (χ1n) is 13.4. The third-order valence-corrected chi connectivity index (χ3v) is 8.27. The molecular formula is C27H34FN7O2. The summed E-state index contributed by atoms with van der Waals surface area (Å²) in [6.45, 7) is 4.45. The highest BCUT2D eigenvalue weighted by Crippen LogP contribution is 2.33. The van der Waals surface area contributed by atoms with E-state index in [2.05, 4.69) is 32.4 Å². The minimum atomic E-state index is -0.244. The molecule has 1 unspecified atom stereocenters. The number of aromatic nitrogens is 4. The first kappa shape index (κ1) is 24.1. The van der Waals surface area contributed by atoms with Crippen LogP contribution in [0.3, 0.4) is 0 Å². The van der Waals surface area contributed by atoms with Crippen LogP contribution in [0.5, 0.6) is 5.75 Å². The van der Waals surface area contributed by atoms with Crippen LogP contribution in [0.25, 0.3) is 5.65 Å². The van der Waals surface area contributed by atoms with Crippen LogP contribution >= 0.6 is 0 Å². The van der Waals surface area contributed by atoms with Gasteiger partial charge in [-0.05, 0) is 70.3 Å². The van der Waals surface area contributed by atoms with Crippen molar-refractivity contribution in [2.24, 2.45) is 5.92 Å². The molecular weight excluding hydrogens is 473 g/mol. The summed E-state index contributed by atoms with van der Waals surface area (Å²) in [4.78, 5) is 22.3. The Labute approximate surface area is 216 Å². The molecule has 2 saturated heterocycles. The highest BCUT2D eigenvalue weighted by Gasteiger charge is 2.30. The van der Waals surface area contributed by atoms with E-state index in [0.29, 0.717) is 37.0 Å². The Balaban J connectivity index is 1.16. The summed E-state index contributed by atoms with van der Waals surface area (Å²) < 4.78 is 22.0. The Morgan fingerprint density at radius 2 is 2.03 bits per heavy atom. The van der Waals surface area contributed by atoms with Crippen molar-refractivity contribution >= 4 is 17.5 Å². The van der Waals surface area contributed by atoms with Crippen LogP contribution in [0.15, 0.2) is 24.7 Å². The van der Waals surface area contributed by atoms with Crippen molar-refractivity contribution in [3.8, 4) is 5.75 Å². The number of amides is 1. The third-order valence-electron chi connectivity index (χ3n) is 8.27. The summed E-state index contributed by atoms with van der Waals surface area (Å²) in [7, 11) is 2.12. The molecule has 0 bridgehead atoms. The number of fused-ring (bicyclic) bond motifs is 2. The van der Waals surface area contributed by atoms with Crippen molar-refractivity contribution in [3.63, 3.8) is 0 Å². The van der Waals surface area contributed by atoms with Crippen LogP contribution in [-0.2, 0) is 17.8 Å². The molecule has 1 amide bonds. The number of hydrogen-bond donors (Lipinski definition) is 1. The molecule has 2 aromatic heterocycles. The molecule has 9 nitrogen and oxygen atoms in total. The topological polar surface area (TPSA) is 87.9 Å². The summed E-state index contributed by atoms with van der Waals surface area (Å²) in [6, 6.07) is 3.15. The van der Waals surface area contributed by atoms with E-state index in [4.69, 9.17) is 9.72 Å². The largest absolute Gasteiger partial charge is 0.493 e. The highest BCUT2D eigenvalue weighted by molar-refractivity contribution is 5.79.